The second-order valence-electron chi connectivity index (χ2n) is 7.06. The van der Waals surface area contributed by atoms with Gasteiger partial charge < -0.3 is 0 Å². The molecule has 1 aliphatic rings. The molecule has 1 saturated heterocycles. The number of benzene rings is 1. The van der Waals surface area contributed by atoms with E-state index >= 15 is 0 Å². The Kier molecular flexibility index (Phi) is 4.65. The van der Waals surface area contributed by atoms with Gasteiger partial charge in [-0.15, -0.1) is 0 Å². The molecule has 4 nitrogen and oxygen atoms in total. The van der Waals surface area contributed by atoms with Crippen LogP contribution in [0.1, 0.15) is 50.0 Å². The number of amides is 2. The fourth-order valence-corrected chi connectivity index (χ4v) is 2.81. The number of hydrogen-bond donors (Lipinski definition) is 1. The molecule has 1 fully saturated rings. The van der Waals surface area contributed by atoms with Crippen LogP contribution >= 0.6 is 0 Å². The monoisotopic (exact) mass is 342 g/mol. The van der Waals surface area contributed by atoms with Crippen molar-refractivity contribution in [3.05, 3.63) is 35.4 Å². The lowest BCUT2D eigenvalue weighted by molar-refractivity contribution is -0.175. The minimum atomic E-state index is -4.45. The smallest absolute Gasteiger partial charge is 0.272 e. The number of hydrogen-bond acceptors (Lipinski definition) is 2. The maximum Gasteiger partial charge on any atom is 0.416 e. The van der Waals surface area contributed by atoms with Gasteiger partial charge in [-0.1, -0.05) is 13.8 Å². The number of nitrogens with zero attached hydrogens (tertiary/aromatic N) is 1. The van der Waals surface area contributed by atoms with Crippen LogP contribution in [0, 0.1) is 11.3 Å². The van der Waals surface area contributed by atoms with E-state index in [9.17, 15) is 22.8 Å². The summed E-state index contributed by atoms with van der Waals surface area (Å²) in [5, 5.41) is 1.29. The van der Waals surface area contributed by atoms with Gasteiger partial charge >= 0.3 is 6.18 Å². The van der Waals surface area contributed by atoms with Gasteiger partial charge in [-0.3, -0.25) is 15.0 Å². The molecule has 1 aromatic carbocycles. The maximum absolute atomic E-state index is 12.6. The van der Waals surface area contributed by atoms with E-state index in [1.165, 1.54) is 5.01 Å². The van der Waals surface area contributed by atoms with Crippen molar-refractivity contribution in [3.63, 3.8) is 0 Å². The van der Waals surface area contributed by atoms with Gasteiger partial charge in [0, 0.05) is 5.56 Å². The highest BCUT2D eigenvalue weighted by Gasteiger charge is 2.54. The molecule has 2 rings (SSSR count). The van der Waals surface area contributed by atoms with Crippen molar-refractivity contribution in [3.8, 4) is 0 Å². The van der Waals surface area contributed by atoms with Crippen molar-refractivity contribution in [2.75, 3.05) is 0 Å². The van der Waals surface area contributed by atoms with Crippen LogP contribution in [0.15, 0.2) is 24.3 Å². The Bertz CT molecular complexity index is 636. The maximum atomic E-state index is 12.6. The van der Waals surface area contributed by atoms with E-state index < -0.39 is 23.1 Å². The fourth-order valence-electron chi connectivity index (χ4n) is 2.81. The molecule has 1 N–H and O–H groups in total. The second-order valence-corrected chi connectivity index (χ2v) is 7.06. The highest BCUT2D eigenvalue weighted by atomic mass is 19.4. The van der Waals surface area contributed by atoms with Crippen LogP contribution in [0.5, 0.6) is 0 Å². The summed E-state index contributed by atoms with van der Waals surface area (Å²) in [5.41, 5.74) is 1.21. The first-order valence-electron chi connectivity index (χ1n) is 7.76. The molecule has 1 unspecified atom stereocenters. The molecule has 0 saturated carbocycles. The molecule has 24 heavy (non-hydrogen) atoms. The quantitative estimate of drug-likeness (QED) is 0.850. The molecule has 1 heterocycles. The molecule has 132 valence electrons. The number of rotatable bonds is 4. The Balaban J connectivity index is 2.10. The number of carbonyl (C=O) groups is 2. The summed E-state index contributed by atoms with van der Waals surface area (Å²) in [5.74, 6) is -0.456. The molecule has 2 amide bonds. The molecule has 7 heteroatoms. The van der Waals surface area contributed by atoms with Crippen LogP contribution in [0.4, 0.5) is 13.2 Å². The standard InChI is InChI=1S/C17H21F3N2O2/c1-10(2)9-13-16(3,4)15(24)22(13)21-14(23)11-5-7-12(8-6-11)17(18,19)20/h5-8,10,13H,9H2,1-4H3,(H,21,23). The Morgan fingerprint density at radius 2 is 1.79 bits per heavy atom. The first kappa shape index (κ1) is 18.3. The zero-order chi connectivity index (χ0) is 18.3. The molecule has 1 aromatic rings. The Hall–Kier alpha value is -2.05. The second kappa shape index (κ2) is 6.11. The van der Waals surface area contributed by atoms with Gasteiger partial charge in [-0.05, 0) is 50.5 Å². The molecule has 0 aliphatic carbocycles. The van der Waals surface area contributed by atoms with E-state index in [0.29, 0.717) is 5.92 Å². The van der Waals surface area contributed by atoms with E-state index in [-0.39, 0.29) is 17.5 Å². The highest BCUT2D eigenvalue weighted by molar-refractivity contribution is 5.97. The lowest BCUT2D eigenvalue weighted by atomic mass is 9.72. The third-order valence-electron chi connectivity index (χ3n) is 4.31. The van der Waals surface area contributed by atoms with E-state index in [1.54, 1.807) is 0 Å². The first-order chi connectivity index (χ1) is 10.9. The van der Waals surface area contributed by atoms with Crippen molar-refractivity contribution < 1.29 is 22.8 Å². The molecule has 0 aromatic heterocycles. The normalized spacial score (nSPS) is 20.1. The fraction of sp³-hybridized carbons (Fsp3) is 0.529. The number of hydrazine groups is 1. The largest absolute Gasteiger partial charge is 0.416 e. The van der Waals surface area contributed by atoms with Crippen molar-refractivity contribution in [2.24, 2.45) is 11.3 Å². The van der Waals surface area contributed by atoms with Crippen LogP contribution in [0.3, 0.4) is 0 Å². The van der Waals surface area contributed by atoms with Crippen LogP contribution in [-0.2, 0) is 11.0 Å². The van der Waals surface area contributed by atoms with Crippen molar-refractivity contribution in [2.45, 2.75) is 46.3 Å². The lowest BCUT2D eigenvalue weighted by Gasteiger charge is -2.52. The molecular weight excluding hydrogens is 321 g/mol. The van der Waals surface area contributed by atoms with E-state index in [1.807, 2.05) is 27.7 Å². The van der Waals surface area contributed by atoms with Crippen LogP contribution < -0.4 is 5.43 Å². The summed E-state index contributed by atoms with van der Waals surface area (Å²) < 4.78 is 37.7. The van der Waals surface area contributed by atoms with Crippen LogP contribution in [0.2, 0.25) is 0 Å². The molecule has 0 spiro atoms. The Labute approximate surface area is 139 Å². The average Bonchev–Trinajstić information content (AvgIpc) is 2.49. The van der Waals surface area contributed by atoms with Gasteiger partial charge in [-0.25, -0.2) is 5.01 Å². The Morgan fingerprint density at radius 3 is 2.25 bits per heavy atom. The van der Waals surface area contributed by atoms with Gasteiger partial charge in [0.2, 0.25) is 5.91 Å². The van der Waals surface area contributed by atoms with Crippen LogP contribution in [-0.4, -0.2) is 22.9 Å². The number of carbonyl (C=O) groups excluding carboxylic acids is 2. The van der Waals surface area contributed by atoms with Crippen molar-refractivity contribution in [1.82, 2.24) is 10.4 Å². The summed E-state index contributed by atoms with van der Waals surface area (Å²) in [7, 11) is 0. The van der Waals surface area contributed by atoms with E-state index in [2.05, 4.69) is 5.43 Å². The SMILES string of the molecule is CC(C)CC1N(NC(=O)c2ccc(C(F)(F)F)cc2)C(=O)C1(C)C. The number of nitrogens with one attached hydrogen (secondary N) is 1. The highest BCUT2D eigenvalue weighted by Crippen LogP contribution is 2.40. The first-order valence-corrected chi connectivity index (χ1v) is 7.76. The average molecular weight is 342 g/mol. The van der Waals surface area contributed by atoms with Gasteiger partial charge in [0.1, 0.15) is 0 Å². The van der Waals surface area contributed by atoms with Crippen molar-refractivity contribution in [1.29, 1.82) is 0 Å². The minimum Gasteiger partial charge on any atom is -0.272 e. The zero-order valence-electron chi connectivity index (χ0n) is 14.1. The summed E-state index contributed by atoms with van der Waals surface area (Å²) in [4.78, 5) is 24.4. The molecular formula is C17H21F3N2O2. The van der Waals surface area contributed by atoms with Crippen molar-refractivity contribution >= 4 is 11.8 Å². The summed E-state index contributed by atoms with van der Waals surface area (Å²) in [6.07, 6.45) is -3.72. The van der Waals surface area contributed by atoms with Gasteiger partial charge in [0.25, 0.3) is 5.91 Å². The predicted octanol–water partition coefficient (Wildman–Crippen LogP) is 3.63. The summed E-state index contributed by atoms with van der Waals surface area (Å²) in [6, 6.07) is 3.77. The predicted molar refractivity (Wildman–Crippen MR) is 82.8 cm³/mol. The summed E-state index contributed by atoms with van der Waals surface area (Å²) >= 11 is 0. The molecule has 1 atom stereocenters. The van der Waals surface area contributed by atoms with Gasteiger partial charge in [0.05, 0.1) is 17.0 Å². The number of alkyl halides is 3. The van der Waals surface area contributed by atoms with E-state index in [0.717, 1.165) is 30.7 Å². The molecule has 0 bridgehead atoms. The van der Waals surface area contributed by atoms with E-state index in [4.69, 9.17) is 0 Å². The third kappa shape index (κ3) is 3.39. The van der Waals surface area contributed by atoms with Crippen LogP contribution in [0.25, 0.3) is 0 Å². The Morgan fingerprint density at radius 1 is 1.25 bits per heavy atom. The van der Waals surface area contributed by atoms with Gasteiger partial charge in [-0.2, -0.15) is 13.2 Å². The number of β-lactam (4-membered cyclic amide) rings is 1. The zero-order valence-corrected chi connectivity index (χ0v) is 14.1. The third-order valence-corrected chi connectivity index (χ3v) is 4.31. The minimum absolute atomic E-state index is 0.0730. The lowest BCUT2D eigenvalue weighted by Crippen LogP contribution is -2.71. The molecule has 1 aliphatic heterocycles. The number of halogens is 3. The van der Waals surface area contributed by atoms with Gasteiger partial charge in [0.15, 0.2) is 0 Å². The summed E-state index contributed by atoms with van der Waals surface area (Å²) in [6.45, 7) is 7.69. The topological polar surface area (TPSA) is 49.4 Å². The molecule has 0 radical (unpaired) electrons.